The van der Waals surface area contributed by atoms with Gasteiger partial charge in [0.05, 0.1) is 6.61 Å². The molecule has 0 fully saturated rings. The number of benzene rings is 2. The highest BCUT2D eigenvalue weighted by Gasteiger charge is 2.51. The summed E-state index contributed by atoms with van der Waals surface area (Å²) in [6.45, 7) is 4.87. The van der Waals surface area contributed by atoms with Gasteiger partial charge in [-0.15, -0.1) is 0 Å². The van der Waals surface area contributed by atoms with Gasteiger partial charge in [-0.1, -0.05) is 48.0 Å². The molecule has 9 heteroatoms. The minimum Gasteiger partial charge on any atom is -0.387 e. The van der Waals surface area contributed by atoms with Crippen LogP contribution in [0.5, 0.6) is 0 Å². The van der Waals surface area contributed by atoms with Crippen LogP contribution in [0.25, 0.3) is 0 Å². The fourth-order valence-electron chi connectivity index (χ4n) is 3.18. The zero-order chi connectivity index (χ0) is 20.4. The number of hydrogen-bond acceptors (Lipinski definition) is 4. The molecule has 0 aliphatic rings. The van der Waals surface area contributed by atoms with Gasteiger partial charge in [0.25, 0.3) is 0 Å². The summed E-state index contributed by atoms with van der Waals surface area (Å²) >= 11 is 0. The molecule has 3 atom stereocenters. The van der Waals surface area contributed by atoms with Gasteiger partial charge < -0.3 is 24.3 Å². The summed E-state index contributed by atoms with van der Waals surface area (Å²) in [6, 6.07) is 11.9. The van der Waals surface area contributed by atoms with Crippen LogP contribution in [0.1, 0.15) is 33.9 Å². The second-order valence-electron chi connectivity index (χ2n) is 6.58. The van der Waals surface area contributed by atoms with Crippen molar-refractivity contribution in [1.29, 1.82) is 0 Å². The summed E-state index contributed by atoms with van der Waals surface area (Å²) in [5.74, 6) is 0. The lowest BCUT2D eigenvalue weighted by molar-refractivity contribution is 0.157. The Morgan fingerprint density at radius 2 is 1.48 bits per heavy atom. The molecule has 0 aliphatic heterocycles. The van der Waals surface area contributed by atoms with Crippen molar-refractivity contribution in [2.75, 3.05) is 0 Å². The van der Waals surface area contributed by atoms with E-state index in [-0.39, 0.29) is 12.2 Å². The molecule has 0 aromatic heterocycles. The minimum atomic E-state index is -5.18. The molecule has 0 saturated carbocycles. The van der Waals surface area contributed by atoms with Crippen molar-refractivity contribution in [3.05, 3.63) is 70.3 Å². The van der Waals surface area contributed by atoms with E-state index in [0.717, 1.165) is 5.56 Å². The van der Waals surface area contributed by atoms with Crippen molar-refractivity contribution in [2.45, 2.75) is 38.9 Å². The lowest BCUT2D eigenvalue weighted by Gasteiger charge is -2.29. The minimum absolute atomic E-state index is 0.214. The Hall–Kier alpha value is -1.30. The average molecular weight is 414 g/mol. The SMILES string of the molecule is Cc1cc(C)c(C(O)C(P(=O)(O)O)P(=O)(O)OCc2ccccc2)c(C)c1. The van der Waals surface area contributed by atoms with E-state index < -0.39 is 26.7 Å². The van der Waals surface area contributed by atoms with E-state index in [1.165, 1.54) is 0 Å². The van der Waals surface area contributed by atoms with Crippen LogP contribution in [-0.4, -0.2) is 25.2 Å². The number of aliphatic hydroxyl groups excluding tert-OH is 1. The van der Waals surface area contributed by atoms with Crippen molar-refractivity contribution in [3.8, 4) is 0 Å². The van der Waals surface area contributed by atoms with E-state index in [0.29, 0.717) is 16.7 Å². The Morgan fingerprint density at radius 1 is 0.963 bits per heavy atom. The maximum atomic E-state index is 12.7. The van der Waals surface area contributed by atoms with Gasteiger partial charge in [-0.3, -0.25) is 9.13 Å². The third kappa shape index (κ3) is 5.37. The van der Waals surface area contributed by atoms with Gasteiger partial charge in [0, 0.05) is 0 Å². The quantitative estimate of drug-likeness (QED) is 0.511. The number of hydrogen-bond donors (Lipinski definition) is 4. The molecule has 27 heavy (non-hydrogen) atoms. The van der Waals surface area contributed by atoms with E-state index in [4.69, 9.17) is 4.52 Å². The molecule has 3 unspecified atom stereocenters. The van der Waals surface area contributed by atoms with Crippen LogP contribution in [0.2, 0.25) is 0 Å². The molecule has 0 bridgehead atoms. The molecule has 0 amide bonds. The molecule has 0 spiro atoms. The van der Waals surface area contributed by atoms with Gasteiger partial charge in [-0.25, -0.2) is 0 Å². The Bertz CT molecular complexity index is 869. The number of rotatable bonds is 7. The summed E-state index contributed by atoms with van der Waals surface area (Å²) in [5, 5.41) is 8.41. The van der Waals surface area contributed by atoms with Crippen LogP contribution in [0, 0.1) is 20.8 Å². The topological polar surface area (TPSA) is 124 Å². The molecule has 7 nitrogen and oxygen atoms in total. The summed E-state index contributed by atoms with van der Waals surface area (Å²) in [6.07, 6.45) is -1.86. The molecule has 4 N–H and O–H groups in total. The van der Waals surface area contributed by atoms with Gasteiger partial charge in [-0.2, -0.15) is 0 Å². The summed E-state index contributed by atoms with van der Waals surface area (Å²) in [7, 11) is -10.1. The normalized spacial score (nSPS) is 16.6. The van der Waals surface area contributed by atoms with Crippen LogP contribution in [0.3, 0.4) is 0 Å². The fraction of sp³-hybridized carbons (Fsp3) is 0.333. The maximum Gasteiger partial charge on any atom is 0.346 e. The molecule has 2 rings (SSSR count). The fourth-order valence-corrected chi connectivity index (χ4v) is 6.41. The van der Waals surface area contributed by atoms with Crippen molar-refractivity contribution < 1.29 is 33.4 Å². The van der Waals surface area contributed by atoms with Crippen molar-refractivity contribution in [2.24, 2.45) is 0 Å². The van der Waals surface area contributed by atoms with Gasteiger partial charge in [-0.05, 0) is 43.0 Å². The second kappa shape index (κ2) is 8.38. The third-order valence-electron chi connectivity index (χ3n) is 4.25. The van der Waals surface area contributed by atoms with Gasteiger partial charge in [0.2, 0.25) is 0 Å². The van der Waals surface area contributed by atoms with Crippen molar-refractivity contribution >= 4 is 15.2 Å². The highest BCUT2D eigenvalue weighted by atomic mass is 31.2. The number of aliphatic hydroxyl groups is 1. The zero-order valence-corrected chi connectivity index (χ0v) is 17.1. The monoisotopic (exact) mass is 414 g/mol. The lowest BCUT2D eigenvalue weighted by atomic mass is 9.96. The van der Waals surface area contributed by atoms with Gasteiger partial charge >= 0.3 is 15.2 Å². The van der Waals surface area contributed by atoms with E-state index >= 15 is 0 Å². The van der Waals surface area contributed by atoms with Gasteiger partial charge in [0.1, 0.15) is 6.10 Å². The van der Waals surface area contributed by atoms with E-state index in [9.17, 15) is 28.9 Å². The molecular weight excluding hydrogens is 390 g/mol. The highest BCUT2D eigenvalue weighted by Crippen LogP contribution is 2.67. The summed E-state index contributed by atoms with van der Waals surface area (Å²) in [5.41, 5.74) is 2.82. The van der Waals surface area contributed by atoms with E-state index in [2.05, 4.69) is 0 Å². The molecule has 0 saturated heterocycles. The van der Waals surface area contributed by atoms with Crippen LogP contribution in [-0.2, 0) is 20.3 Å². The first kappa shape index (κ1) is 22.0. The first-order chi connectivity index (χ1) is 12.4. The first-order valence-electron chi connectivity index (χ1n) is 8.25. The number of aryl methyl sites for hydroxylation is 3. The smallest absolute Gasteiger partial charge is 0.346 e. The summed E-state index contributed by atoms with van der Waals surface area (Å²) < 4.78 is 29.7. The third-order valence-corrected chi connectivity index (χ3v) is 8.45. The predicted octanol–water partition coefficient (Wildman–Crippen LogP) is 3.55. The molecule has 0 radical (unpaired) electrons. The predicted molar refractivity (Wildman–Crippen MR) is 103 cm³/mol. The standard InChI is InChI=1S/C18H24O7P2/c1-12-9-13(2)16(14(3)10-12)17(19)18(26(20,21)22)27(23,24)25-11-15-7-5-4-6-8-15/h4-10,17-19H,11H2,1-3H3,(H,23,24)(H2,20,21,22). The Labute approximate surface area is 158 Å². The van der Waals surface area contributed by atoms with Crippen LogP contribution in [0.15, 0.2) is 42.5 Å². The maximum absolute atomic E-state index is 12.7. The van der Waals surface area contributed by atoms with Crippen LogP contribution >= 0.6 is 15.2 Å². The average Bonchev–Trinajstić information content (AvgIpc) is 2.51. The van der Waals surface area contributed by atoms with Gasteiger partial charge in [0.15, 0.2) is 5.40 Å². The molecule has 2 aromatic rings. The van der Waals surface area contributed by atoms with Crippen LogP contribution in [0.4, 0.5) is 0 Å². The van der Waals surface area contributed by atoms with E-state index in [1.807, 2.05) is 6.92 Å². The largest absolute Gasteiger partial charge is 0.387 e. The Morgan fingerprint density at radius 3 is 1.96 bits per heavy atom. The first-order valence-corrected chi connectivity index (χ1v) is 11.6. The second-order valence-corrected chi connectivity index (χ2v) is 10.7. The zero-order valence-electron chi connectivity index (χ0n) is 15.3. The molecule has 148 valence electrons. The lowest BCUT2D eigenvalue weighted by Crippen LogP contribution is -2.22. The molecule has 0 aliphatic carbocycles. The molecule has 0 heterocycles. The Kier molecular flexibility index (Phi) is 6.82. The van der Waals surface area contributed by atoms with Crippen molar-refractivity contribution in [1.82, 2.24) is 0 Å². The highest BCUT2D eigenvalue weighted by molar-refractivity contribution is 7.71. The van der Waals surface area contributed by atoms with Crippen molar-refractivity contribution in [3.63, 3.8) is 0 Å². The Balaban J connectivity index is 2.40. The molecule has 2 aromatic carbocycles. The molecular formula is C18H24O7P2. The van der Waals surface area contributed by atoms with E-state index in [1.54, 1.807) is 56.3 Å². The van der Waals surface area contributed by atoms with Crippen LogP contribution < -0.4 is 0 Å². The summed E-state index contributed by atoms with van der Waals surface area (Å²) in [4.78, 5) is 29.8.